The highest BCUT2D eigenvalue weighted by Gasteiger charge is 2.31. The first-order chi connectivity index (χ1) is 13.7. The summed E-state index contributed by atoms with van der Waals surface area (Å²) >= 11 is 7.76. The first-order valence-electron chi connectivity index (χ1n) is 8.62. The minimum atomic E-state index is -4.63. The Morgan fingerprint density at radius 1 is 1.21 bits per heavy atom. The fraction of sp³-hybridized carbons (Fsp3) is 0.316. The zero-order chi connectivity index (χ0) is 21.0. The van der Waals surface area contributed by atoms with Gasteiger partial charge in [0.15, 0.2) is 0 Å². The number of aliphatic carboxylic acids is 1. The number of carbonyl (C=O) groups is 1. The minimum Gasteiger partial charge on any atom is -0.481 e. The van der Waals surface area contributed by atoms with Gasteiger partial charge in [-0.25, -0.2) is 4.31 Å². The molecular weight excluding hydrogens is 431 g/mol. The molecule has 0 amide bonds. The van der Waals surface area contributed by atoms with Crippen molar-refractivity contribution >= 4 is 29.5 Å². The van der Waals surface area contributed by atoms with E-state index in [0.717, 1.165) is 30.1 Å². The molecule has 10 heteroatoms. The zero-order valence-electron chi connectivity index (χ0n) is 15.0. The van der Waals surface area contributed by atoms with Gasteiger partial charge in [0, 0.05) is 18.0 Å². The maximum absolute atomic E-state index is 13.1. The summed E-state index contributed by atoms with van der Waals surface area (Å²) in [4.78, 5) is 11.8. The van der Waals surface area contributed by atoms with Crippen LogP contribution in [-0.4, -0.2) is 41.7 Å². The van der Waals surface area contributed by atoms with Crippen molar-refractivity contribution < 1.29 is 32.5 Å². The lowest BCUT2D eigenvalue weighted by molar-refractivity contribution is -0.138. The van der Waals surface area contributed by atoms with Crippen LogP contribution in [0.4, 0.5) is 13.2 Å². The summed E-state index contributed by atoms with van der Waals surface area (Å²) in [7, 11) is 0. The number of carboxylic acids is 1. The number of halogens is 4. The molecule has 0 bridgehead atoms. The monoisotopic (exact) mass is 447 g/mol. The fourth-order valence-electron chi connectivity index (χ4n) is 2.70. The largest absolute Gasteiger partial charge is 0.481 e. The number of morpholine rings is 1. The summed E-state index contributed by atoms with van der Waals surface area (Å²) in [5.74, 6) is -1.19. The van der Waals surface area contributed by atoms with Gasteiger partial charge in [-0.15, -0.1) is 0 Å². The Morgan fingerprint density at radius 3 is 2.55 bits per heavy atom. The number of hydrogen-bond acceptors (Lipinski definition) is 5. The van der Waals surface area contributed by atoms with E-state index in [1.165, 1.54) is 18.0 Å². The van der Waals surface area contributed by atoms with Crippen molar-refractivity contribution in [2.75, 3.05) is 26.3 Å². The molecule has 0 unspecified atom stereocenters. The lowest BCUT2D eigenvalue weighted by atomic mass is 10.1. The van der Waals surface area contributed by atoms with Crippen LogP contribution in [0.25, 0.3) is 0 Å². The molecule has 156 valence electrons. The van der Waals surface area contributed by atoms with Crippen molar-refractivity contribution in [1.29, 1.82) is 0 Å². The molecule has 1 saturated heterocycles. The summed E-state index contributed by atoms with van der Waals surface area (Å²) in [6, 6.07) is 7.87. The molecule has 0 aromatic heterocycles. The number of ether oxygens (including phenoxy) is 2. The first-order valence-corrected chi connectivity index (χ1v) is 9.77. The normalized spacial score (nSPS) is 15.3. The van der Waals surface area contributed by atoms with Gasteiger partial charge in [0.05, 0.1) is 30.2 Å². The summed E-state index contributed by atoms with van der Waals surface area (Å²) < 4.78 is 52.4. The van der Waals surface area contributed by atoms with Gasteiger partial charge in [-0.3, -0.25) is 4.79 Å². The SMILES string of the molecule is O=C(O)Cc1cc(Oc2ccc(SN3CCOCC3)cc2Cl)cc(C(F)(F)F)c1. The Morgan fingerprint density at radius 2 is 1.93 bits per heavy atom. The molecule has 5 nitrogen and oxygen atoms in total. The minimum absolute atomic E-state index is 0.0158. The van der Waals surface area contributed by atoms with Gasteiger partial charge in [-0.05, 0) is 53.9 Å². The standard InChI is InChI=1S/C19H17ClF3NO4S/c20-16-11-15(29-24-3-5-27-6-4-24)1-2-17(16)28-14-8-12(9-18(25)26)7-13(10-14)19(21,22)23/h1-2,7-8,10-11H,3-6,9H2,(H,25,26). The molecule has 1 N–H and O–H groups in total. The zero-order valence-corrected chi connectivity index (χ0v) is 16.6. The molecule has 29 heavy (non-hydrogen) atoms. The number of carboxylic acid groups (broad SMARTS) is 1. The van der Waals surface area contributed by atoms with Crippen LogP contribution in [0.2, 0.25) is 5.02 Å². The molecule has 2 aromatic carbocycles. The van der Waals surface area contributed by atoms with Crippen molar-refractivity contribution in [3.05, 3.63) is 52.5 Å². The number of nitrogens with zero attached hydrogens (tertiary/aromatic N) is 1. The Hall–Kier alpha value is -1.94. The van der Waals surface area contributed by atoms with Gasteiger partial charge in [0.2, 0.25) is 0 Å². The van der Waals surface area contributed by atoms with Gasteiger partial charge in [-0.1, -0.05) is 11.6 Å². The van der Waals surface area contributed by atoms with E-state index in [1.54, 1.807) is 18.2 Å². The molecule has 2 aromatic rings. The second-order valence-corrected chi connectivity index (χ2v) is 7.84. The van der Waals surface area contributed by atoms with Crippen molar-refractivity contribution in [1.82, 2.24) is 4.31 Å². The van der Waals surface area contributed by atoms with Crippen LogP contribution in [0.5, 0.6) is 11.5 Å². The van der Waals surface area contributed by atoms with Crippen molar-refractivity contribution in [2.45, 2.75) is 17.5 Å². The number of hydrogen-bond donors (Lipinski definition) is 1. The van der Waals surface area contributed by atoms with E-state index in [1.807, 2.05) is 0 Å². The Balaban J connectivity index is 1.80. The van der Waals surface area contributed by atoms with E-state index < -0.39 is 24.1 Å². The van der Waals surface area contributed by atoms with E-state index in [0.29, 0.717) is 13.2 Å². The van der Waals surface area contributed by atoms with Crippen LogP contribution in [0.1, 0.15) is 11.1 Å². The predicted molar refractivity (Wildman–Crippen MR) is 103 cm³/mol. The molecular formula is C19H17ClF3NO4S. The topological polar surface area (TPSA) is 59.0 Å². The molecule has 1 heterocycles. The highest BCUT2D eigenvalue weighted by molar-refractivity contribution is 7.97. The summed E-state index contributed by atoms with van der Waals surface area (Å²) in [6.07, 6.45) is -5.18. The van der Waals surface area contributed by atoms with Crippen LogP contribution >= 0.6 is 23.5 Å². The van der Waals surface area contributed by atoms with Crippen LogP contribution < -0.4 is 4.74 Å². The first kappa shape index (κ1) is 21.8. The lowest BCUT2D eigenvalue weighted by Crippen LogP contribution is -2.30. The third-order valence-corrected chi connectivity index (χ3v) is 5.37. The molecule has 1 aliphatic heterocycles. The van der Waals surface area contributed by atoms with E-state index in [2.05, 4.69) is 4.31 Å². The van der Waals surface area contributed by atoms with Crippen LogP contribution in [0.15, 0.2) is 41.3 Å². The quantitative estimate of drug-likeness (QED) is 0.620. The van der Waals surface area contributed by atoms with Gasteiger partial charge < -0.3 is 14.6 Å². The van der Waals surface area contributed by atoms with Crippen LogP contribution in [0.3, 0.4) is 0 Å². The average molecular weight is 448 g/mol. The second-order valence-electron chi connectivity index (χ2n) is 6.26. The van der Waals surface area contributed by atoms with Crippen LogP contribution in [0, 0.1) is 0 Å². The predicted octanol–water partition coefficient (Wildman–Crippen LogP) is 5.12. The Labute approximate surface area is 174 Å². The smallest absolute Gasteiger partial charge is 0.416 e. The summed E-state index contributed by atoms with van der Waals surface area (Å²) in [5, 5.41) is 9.13. The second kappa shape index (κ2) is 9.25. The molecule has 0 saturated carbocycles. The Bertz CT molecular complexity index is 888. The Kier molecular flexibility index (Phi) is 6.94. The maximum atomic E-state index is 13.1. The molecule has 0 atom stereocenters. The van der Waals surface area contributed by atoms with Gasteiger partial charge in [-0.2, -0.15) is 13.2 Å². The molecule has 1 aliphatic rings. The third-order valence-electron chi connectivity index (χ3n) is 3.98. The maximum Gasteiger partial charge on any atom is 0.416 e. The molecule has 1 fully saturated rings. The van der Waals surface area contributed by atoms with Crippen molar-refractivity contribution in [3.63, 3.8) is 0 Å². The van der Waals surface area contributed by atoms with Crippen LogP contribution in [-0.2, 0) is 22.1 Å². The van der Waals surface area contributed by atoms with E-state index >= 15 is 0 Å². The molecule has 3 rings (SSSR count). The molecule has 0 aliphatic carbocycles. The van der Waals surface area contributed by atoms with E-state index in [9.17, 15) is 18.0 Å². The van der Waals surface area contributed by atoms with Crippen molar-refractivity contribution in [3.8, 4) is 11.5 Å². The average Bonchev–Trinajstić information content (AvgIpc) is 2.63. The van der Waals surface area contributed by atoms with Gasteiger partial charge in [0.1, 0.15) is 11.5 Å². The van der Waals surface area contributed by atoms with Crippen molar-refractivity contribution in [2.24, 2.45) is 0 Å². The molecule has 0 radical (unpaired) electrons. The highest BCUT2D eigenvalue weighted by Crippen LogP contribution is 2.37. The number of rotatable bonds is 6. The summed E-state index contributed by atoms with van der Waals surface area (Å²) in [6.45, 7) is 2.85. The lowest BCUT2D eigenvalue weighted by Gasteiger charge is -2.25. The highest BCUT2D eigenvalue weighted by atomic mass is 35.5. The number of benzene rings is 2. The third kappa shape index (κ3) is 6.27. The van der Waals surface area contributed by atoms with Gasteiger partial charge in [0.25, 0.3) is 0 Å². The summed E-state index contributed by atoms with van der Waals surface area (Å²) in [5.41, 5.74) is -1.00. The fourth-order valence-corrected chi connectivity index (χ4v) is 3.91. The number of alkyl halides is 3. The van der Waals surface area contributed by atoms with Gasteiger partial charge >= 0.3 is 12.1 Å². The van der Waals surface area contributed by atoms with E-state index in [-0.39, 0.29) is 22.1 Å². The molecule has 0 spiro atoms. The van der Waals surface area contributed by atoms with E-state index in [4.69, 9.17) is 26.2 Å².